The highest BCUT2D eigenvalue weighted by molar-refractivity contribution is 8.16. The van der Waals surface area contributed by atoms with Gasteiger partial charge < -0.3 is 29.6 Å². The lowest BCUT2D eigenvalue weighted by Gasteiger charge is -2.35. The number of cyclic esters (lactones) is 1. The molecule has 0 spiro atoms. The number of ether oxygens (including phenoxy) is 2. The number of fused-ring (bicyclic) bond motifs is 5. The fraction of sp³-hybridized carbons (Fsp3) is 0.385. The SMILES string of the molecule is CC[SH]1(=O)C(=O)OCc2c1cc1n(c2=O)Cc2c-1nc1cc(F)c(C)c3c1c2[C@@H](N(C)C(=O)COCNC(=O)CNC(=O)[C@@H](C)Cc1ccccc1)CC3. The summed E-state index contributed by atoms with van der Waals surface area (Å²) in [5.41, 5.74) is 4.59. The number of carbonyl (C=O) groups excluding carboxylic acids is 4. The first-order chi connectivity index (χ1) is 25.8. The lowest BCUT2D eigenvalue weighted by atomic mass is 9.81. The van der Waals surface area contributed by atoms with Crippen molar-refractivity contribution >= 4 is 43.9 Å². The summed E-state index contributed by atoms with van der Waals surface area (Å²) in [5, 5.41) is 5.07. The number of aromatic nitrogens is 2. The minimum absolute atomic E-state index is 0.00933. The lowest BCUT2D eigenvalue weighted by Crippen LogP contribution is -2.41. The van der Waals surface area contributed by atoms with Crippen molar-refractivity contribution < 1.29 is 37.3 Å². The van der Waals surface area contributed by atoms with Gasteiger partial charge in [0.1, 0.15) is 25.8 Å². The molecule has 2 N–H and O–H groups in total. The summed E-state index contributed by atoms with van der Waals surface area (Å²) in [5.74, 6) is -1.86. The number of carbonyl (C=O) groups is 4. The molecule has 0 fully saturated rings. The molecule has 2 aliphatic heterocycles. The maximum Gasteiger partial charge on any atom is 0.378 e. The van der Waals surface area contributed by atoms with E-state index in [1.165, 1.54) is 10.6 Å². The predicted octanol–water partition coefficient (Wildman–Crippen LogP) is 3.45. The second-order valence-electron chi connectivity index (χ2n) is 14.1. The number of hydrogen-bond acceptors (Lipinski definition) is 9. The highest BCUT2D eigenvalue weighted by Crippen LogP contribution is 2.47. The van der Waals surface area contributed by atoms with E-state index in [9.17, 15) is 28.2 Å². The number of amides is 3. The monoisotopic (exact) mass is 759 g/mol. The number of halogens is 1. The first kappa shape index (κ1) is 37.1. The van der Waals surface area contributed by atoms with E-state index in [4.69, 9.17) is 14.5 Å². The van der Waals surface area contributed by atoms with Crippen molar-refractivity contribution in [2.24, 2.45) is 5.92 Å². The highest BCUT2D eigenvalue weighted by Gasteiger charge is 2.40. The van der Waals surface area contributed by atoms with Crippen LogP contribution in [0.3, 0.4) is 0 Å². The summed E-state index contributed by atoms with van der Waals surface area (Å²) in [6.45, 7) is 4.08. The van der Waals surface area contributed by atoms with Crippen LogP contribution in [-0.2, 0) is 59.8 Å². The molecule has 0 radical (unpaired) electrons. The van der Waals surface area contributed by atoms with Gasteiger partial charge in [-0.15, -0.1) is 0 Å². The molecule has 15 heteroatoms. The Morgan fingerprint density at radius 2 is 1.89 bits per heavy atom. The van der Waals surface area contributed by atoms with Crippen molar-refractivity contribution in [3.05, 3.63) is 92.0 Å². The van der Waals surface area contributed by atoms with Crippen molar-refractivity contribution in [2.75, 3.05) is 32.7 Å². The molecule has 1 aliphatic carbocycles. The summed E-state index contributed by atoms with van der Waals surface area (Å²) >= 11 is 0. The minimum Gasteiger partial charge on any atom is -0.452 e. The van der Waals surface area contributed by atoms with Gasteiger partial charge in [0.2, 0.25) is 17.7 Å². The summed E-state index contributed by atoms with van der Waals surface area (Å²) in [6.07, 6.45) is 1.47. The number of pyridine rings is 2. The van der Waals surface area contributed by atoms with Crippen LogP contribution >= 0.6 is 0 Å². The van der Waals surface area contributed by atoms with Gasteiger partial charge in [0, 0.05) is 50.6 Å². The van der Waals surface area contributed by atoms with Crippen LogP contribution in [0.25, 0.3) is 22.3 Å². The Hall–Kier alpha value is -5.28. The molecule has 0 saturated carbocycles. The third-order valence-electron chi connectivity index (χ3n) is 10.9. The average molecular weight is 760 g/mol. The van der Waals surface area contributed by atoms with E-state index in [2.05, 4.69) is 10.6 Å². The van der Waals surface area contributed by atoms with Gasteiger partial charge >= 0.3 is 5.30 Å². The zero-order valence-corrected chi connectivity index (χ0v) is 31.4. The van der Waals surface area contributed by atoms with Crippen LogP contribution < -0.4 is 16.2 Å². The predicted molar refractivity (Wildman–Crippen MR) is 199 cm³/mol. The minimum atomic E-state index is -3.68. The Kier molecular flexibility index (Phi) is 9.96. The standard InChI is InChI=1S/C39H42FN5O8S/c1-5-54(51)31-15-30-36-25(17-45(30)38(49)26(31)18-53-39(54)50)35-29(12-11-24-22(3)27(40)14-28(43-36)34(24)35)44(4)33(47)19-52-20-42-32(46)16-41-37(48)21(2)13-23-9-7-6-8-10-23/h6-10,14-15,21,29,54H,5,11-13,16-20H2,1-4H3,(H,41,48)(H,42,46)/t21-,29-/m0/s1. The molecule has 3 aliphatic rings. The number of thiol groups is 1. The Balaban J connectivity index is 1.08. The van der Waals surface area contributed by atoms with E-state index in [-0.39, 0.29) is 67.0 Å². The Labute approximate surface area is 311 Å². The molecule has 284 valence electrons. The van der Waals surface area contributed by atoms with Crippen molar-refractivity contribution in [1.29, 1.82) is 0 Å². The molecule has 0 bridgehead atoms. The van der Waals surface area contributed by atoms with Gasteiger partial charge in [-0.2, -0.15) is 0 Å². The van der Waals surface area contributed by atoms with Crippen LogP contribution in [0.2, 0.25) is 0 Å². The Morgan fingerprint density at radius 3 is 2.63 bits per heavy atom. The van der Waals surface area contributed by atoms with Crippen LogP contribution in [0, 0.1) is 18.7 Å². The number of hydrogen-bond donors (Lipinski definition) is 3. The molecule has 2 aromatic carbocycles. The Morgan fingerprint density at radius 1 is 1.13 bits per heavy atom. The van der Waals surface area contributed by atoms with Crippen molar-refractivity contribution in [2.45, 2.75) is 64.1 Å². The van der Waals surface area contributed by atoms with Gasteiger partial charge in [-0.1, -0.05) is 44.2 Å². The smallest absolute Gasteiger partial charge is 0.378 e. The first-order valence-electron chi connectivity index (χ1n) is 17.9. The number of benzene rings is 2. The van der Waals surface area contributed by atoms with E-state index < -0.39 is 38.6 Å². The molecule has 3 amide bonds. The molecule has 0 saturated heterocycles. The highest BCUT2D eigenvalue weighted by atomic mass is 32.2. The molecule has 4 heterocycles. The Bertz CT molecular complexity index is 2350. The van der Waals surface area contributed by atoms with Gasteiger partial charge in [-0.3, -0.25) is 23.4 Å². The fourth-order valence-electron chi connectivity index (χ4n) is 7.80. The fourth-order valence-corrected chi connectivity index (χ4v) is 9.79. The number of nitrogens with one attached hydrogen (secondary N) is 2. The second-order valence-corrected chi connectivity index (χ2v) is 17.0. The van der Waals surface area contributed by atoms with Gasteiger partial charge in [-0.25, -0.2) is 14.2 Å². The molecule has 7 rings (SSSR count). The van der Waals surface area contributed by atoms with E-state index in [1.807, 2.05) is 30.3 Å². The topological polar surface area (TPSA) is 166 Å². The molecule has 2 aromatic heterocycles. The van der Waals surface area contributed by atoms with Crippen LogP contribution in [0.1, 0.15) is 59.7 Å². The summed E-state index contributed by atoms with van der Waals surface area (Å²) in [6, 6.07) is 12.0. The normalized spacial score (nSPS) is 17.4. The first-order valence-corrected chi connectivity index (χ1v) is 19.8. The summed E-state index contributed by atoms with van der Waals surface area (Å²) in [7, 11) is -2.04. The van der Waals surface area contributed by atoms with Gasteiger partial charge in [-0.05, 0) is 54.5 Å². The third-order valence-corrected chi connectivity index (χ3v) is 13.7. The second kappa shape index (κ2) is 14.5. The van der Waals surface area contributed by atoms with Crippen molar-refractivity contribution in [1.82, 2.24) is 25.1 Å². The lowest BCUT2D eigenvalue weighted by molar-refractivity contribution is -0.138. The number of likely N-dealkylation sites (N-methyl/N-ethyl adjacent to an activating group) is 1. The van der Waals surface area contributed by atoms with E-state index >= 15 is 4.39 Å². The van der Waals surface area contributed by atoms with Gasteiger partial charge in [0.05, 0.1) is 41.6 Å². The largest absolute Gasteiger partial charge is 0.452 e. The summed E-state index contributed by atoms with van der Waals surface area (Å²) < 4.78 is 41.3. The molecule has 54 heavy (non-hydrogen) atoms. The third kappa shape index (κ3) is 6.38. The number of aryl methyl sites for hydroxylation is 1. The van der Waals surface area contributed by atoms with Crippen LogP contribution in [-0.4, -0.2) is 74.4 Å². The van der Waals surface area contributed by atoms with E-state index in [0.29, 0.717) is 47.3 Å². The number of nitrogens with zero attached hydrogens (tertiary/aromatic N) is 3. The van der Waals surface area contributed by atoms with Gasteiger partial charge in [0.15, 0.2) is 0 Å². The molecular formula is C39H42FN5O8S. The van der Waals surface area contributed by atoms with Gasteiger partial charge in [0.25, 0.3) is 5.56 Å². The molecule has 2 atom stereocenters. The quantitative estimate of drug-likeness (QED) is 0.0792. The van der Waals surface area contributed by atoms with Crippen molar-refractivity contribution in [3.63, 3.8) is 0 Å². The van der Waals surface area contributed by atoms with Crippen LogP contribution in [0.4, 0.5) is 9.18 Å². The van der Waals surface area contributed by atoms with Crippen LogP contribution in [0.5, 0.6) is 0 Å². The van der Waals surface area contributed by atoms with E-state index in [0.717, 1.165) is 22.1 Å². The average Bonchev–Trinajstić information content (AvgIpc) is 3.54. The summed E-state index contributed by atoms with van der Waals surface area (Å²) in [4.78, 5) is 71.6. The zero-order valence-electron chi connectivity index (χ0n) is 30.5. The molecule has 13 nitrogen and oxygen atoms in total. The van der Waals surface area contributed by atoms with E-state index in [1.54, 1.807) is 38.8 Å². The maximum absolute atomic E-state index is 15.3. The molecule has 0 unspecified atom stereocenters. The zero-order chi connectivity index (χ0) is 38.5. The number of rotatable bonds is 11. The molecular weight excluding hydrogens is 718 g/mol. The van der Waals surface area contributed by atoms with Crippen LogP contribution in [0.15, 0.2) is 52.2 Å². The maximum atomic E-state index is 15.3. The molecule has 4 aromatic rings. The van der Waals surface area contributed by atoms with Crippen molar-refractivity contribution in [3.8, 4) is 11.4 Å².